The van der Waals surface area contributed by atoms with Crippen LogP contribution in [0.1, 0.15) is 39.5 Å². The quantitative estimate of drug-likeness (QED) is 0.527. The highest BCUT2D eigenvalue weighted by Gasteiger charge is 2.14. The van der Waals surface area contributed by atoms with Crippen molar-refractivity contribution in [1.82, 2.24) is 24.8 Å². The minimum Gasteiger partial charge on any atom is -0.369 e. The molecule has 33 heavy (non-hydrogen) atoms. The second-order valence-electron chi connectivity index (χ2n) is 9.45. The van der Waals surface area contributed by atoms with Gasteiger partial charge in [-0.2, -0.15) is 9.97 Å². The second-order valence-corrected chi connectivity index (χ2v) is 9.45. The molecule has 2 aromatic rings. The SMILES string of the molecule is CCC1=CC(CCNc2nc(NCCCN3CCN(C)CC3)nc3ncccc23)=CC(C)C1. The van der Waals surface area contributed by atoms with E-state index in [1.807, 2.05) is 12.1 Å². The number of hydrogen-bond donors (Lipinski definition) is 2. The lowest BCUT2D eigenvalue weighted by atomic mass is 9.89. The topological polar surface area (TPSA) is 69.2 Å². The number of likely N-dealkylation sites (N-methyl/N-ethyl adjacent to an activating group) is 1. The Hall–Kier alpha value is -2.51. The molecule has 1 unspecified atom stereocenters. The van der Waals surface area contributed by atoms with Gasteiger partial charge in [-0.25, -0.2) is 4.98 Å². The highest BCUT2D eigenvalue weighted by Crippen LogP contribution is 2.26. The number of nitrogens with one attached hydrogen (secondary N) is 2. The fourth-order valence-electron chi connectivity index (χ4n) is 4.68. The number of piperazine rings is 1. The molecule has 1 aliphatic carbocycles. The van der Waals surface area contributed by atoms with Gasteiger partial charge < -0.3 is 20.4 Å². The third kappa shape index (κ3) is 6.74. The van der Waals surface area contributed by atoms with Crippen LogP contribution in [0.3, 0.4) is 0 Å². The summed E-state index contributed by atoms with van der Waals surface area (Å²) in [4.78, 5) is 18.8. The van der Waals surface area contributed by atoms with E-state index in [-0.39, 0.29) is 0 Å². The molecule has 0 spiro atoms. The number of pyridine rings is 1. The zero-order chi connectivity index (χ0) is 23.0. The predicted octanol–water partition coefficient (Wildman–Crippen LogP) is 4.18. The van der Waals surface area contributed by atoms with E-state index in [2.05, 4.69) is 63.4 Å². The van der Waals surface area contributed by atoms with Gasteiger partial charge in [-0.15, -0.1) is 0 Å². The average Bonchev–Trinajstić information content (AvgIpc) is 2.82. The van der Waals surface area contributed by atoms with Crippen molar-refractivity contribution in [3.05, 3.63) is 41.6 Å². The summed E-state index contributed by atoms with van der Waals surface area (Å²) in [6.07, 6.45) is 11.0. The Morgan fingerprint density at radius 1 is 1.09 bits per heavy atom. The molecule has 1 atom stereocenters. The van der Waals surface area contributed by atoms with Crippen LogP contribution in [0.2, 0.25) is 0 Å². The van der Waals surface area contributed by atoms with Crippen LogP contribution in [-0.2, 0) is 0 Å². The van der Waals surface area contributed by atoms with Gasteiger partial charge in [0.1, 0.15) is 5.82 Å². The Labute approximate surface area is 198 Å². The molecule has 7 heteroatoms. The predicted molar refractivity (Wildman–Crippen MR) is 138 cm³/mol. The lowest BCUT2D eigenvalue weighted by molar-refractivity contribution is 0.154. The van der Waals surface area contributed by atoms with E-state index in [0.29, 0.717) is 11.9 Å². The molecule has 1 aliphatic heterocycles. The number of anilines is 2. The molecule has 3 heterocycles. The molecule has 1 saturated heterocycles. The van der Waals surface area contributed by atoms with Crippen LogP contribution in [-0.4, -0.2) is 77.6 Å². The Balaban J connectivity index is 1.34. The van der Waals surface area contributed by atoms with Gasteiger partial charge in [0.25, 0.3) is 0 Å². The van der Waals surface area contributed by atoms with Crippen LogP contribution in [0.15, 0.2) is 41.6 Å². The maximum Gasteiger partial charge on any atom is 0.226 e. The Morgan fingerprint density at radius 3 is 2.76 bits per heavy atom. The van der Waals surface area contributed by atoms with Crippen molar-refractivity contribution in [2.45, 2.75) is 39.5 Å². The molecule has 2 aliphatic rings. The fraction of sp³-hybridized carbons (Fsp3) is 0.577. The highest BCUT2D eigenvalue weighted by molar-refractivity contribution is 5.87. The van der Waals surface area contributed by atoms with Gasteiger partial charge in [0.2, 0.25) is 5.95 Å². The summed E-state index contributed by atoms with van der Waals surface area (Å²) in [5, 5.41) is 7.95. The molecular weight excluding hydrogens is 410 g/mol. The number of rotatable bonds is 10. The van der Waals surface area contributed by atoms with Gasteiger partial charge in [0.05, 0.1) is 5.39 Å². The standard InChI is InChI=1S/C26H39N7/c1-4-21-17-20(2)18-22(19-21)8-11-28-25-23-7-5-9-27-24(23)30-26(31-25)29-10-6-12-33-15-13-32(3)14-16-33/h5,7,9,18-20H,4,6,8,10-17H2,1-3H3,(H2,27,28,29,30,31). The van der Waals surface area contributed by atoms with Gasteiger partial charge >= 0.3 is 0 Å². The van der Waals surface area contributed by atoms with Crippen LogP contribution in [0.25, 0.3) is 11.0 Å². The van der Waals surface area contributed by atoms with Crippen LogP contribution in [0.4, 0.5) is 11.8 Å². The molecule has 0 bridgehead atoms. The van der Waals surface area contributed by atoms with E-state index in [1.54, 1.807) is 11.8 Å². The first-order valence-electron chi connectivity index (χ1n) is 12.5. The third-order valence-electron chi connectivity index (χ3n) is 6.63. The smallest absolute Gasteiger partial charge is 0.226 e. The molecule has 0 amide bonds. The molecule has 0 radical (unpaired) electrons. The first-order chi connectivity index (χ1) is 16.1. The van der Waals surface area contributed by atoms with Gasteiger partial charge in [-0.1, -0.05) is 37.1 Å². The van der Waals surface area contributed by atoms with Gasteiger partial charge in [0, 0.05) is 45.5 Å². The first-order valence-corrected chi connectivity index (χ1v) is 12.5. The second kappa shape index (κ2) is 11.6. The number of fused-ring (bicyclic) bond motifs is 1. The molecule has 0 aromatic carbocycles. The lowest BCUT2D eigenvalue weighted by Crippen LogP contribution is -2.44. The molecule has 1 fully saturated rings. The van der Waals surface area contributed by atoms with E-state index in [1.165, 1.54) is 12.0 Å². The molecule has 2 aromatic heterocycles. The zero-order valence-electron chi connectivity index (χ0n) is 20.5. The maximum atomic E-state index is 4.80. The Bertz CT molecular complexity index is 976. The number of allylic oxidation sites excluding steroid dienone is 3. The van der Waals surface area contributed by atoms with E-state index >= 15 is 0 Å². The average molecular weight is 450 g/mol. The molecule has 178 valence electrons. The first kappa shape index (κ1) is 23.6. The summed E-state index contributed by atoms with van der Waals surface area (Å²) in [5.74, 6) is 2.14. The van der Waals surface area contributed by atoms with Crippen molar-refractivity contribution >= 4 is 22.8 Å². The van der Waals surface area contributed by atoms with Gasteiger partial charge in [0.15, 0.2) is 5.65 Å². The lowest BCUT2D eigenvalue weighted by Gasteiger charge is -2.32. The van der Waals surface area contributed by atoms with E-state index < -0.39 is 0 Å². The third-order valence-corrected chi connectivity index (χ3v) is 6.63. The summed E-state index contributed by atoms with van der Waals surface area (Å²) >= 11 is 0. The van der Waals surface area contributed by atoms with Crippen LogP contribution in [0, 0.1) is 5.92 Å². The Kier molecular flexibility index (Phi) is 8.29. The van der Waals surface area contributed by atoms with Crippen molar-refractivity contribution in [1.29, 1.82) is 0 Å². The van der Waals surface area contributed by atoms with E-state index in [0.717, 1.165) is 81.9 Å². The minimum absolute atomic E-state index is 0.630. The normalized spacial score (nSPS) is 19.9. The van der Waals surface area contributed by atoms with Crippen molar-refractivity contribution in [3.63, 3.8) is 0 Å². The van der Waals surface area contributed by atoms with E-state index in [4.69, 9.17) is 4.98 Å². The summed E-state index contributed by atoms with van der Waals surface area (Å²) in [5.41, 5.74) is 3.71. The summed E-state index contributed by atoms with van der Waals surface area (Å²) in [7, 11) is 2.20. The van der Waals surface area contributed by atoms with Gasteiger partial charge in [-0.05, 0) is 57.3 Å². The Morgan fingerprint density at radius 2 is 1.94 bits per heavy atom. The molecule has 4 rings (SSSR count). The molecule has 0 saturated carbocycles. The number of nitrogens with zero attached hydrogens (tertiary/aromatic N) is 5. The minimum atomic E-state index is 0.630. The van der Waals surface area contributed by atoms with Crippen molar-refractivity contribution in [2.75, 3.05) is 63.5 Å². The van der Waals surface area contributed by atoms with Crippen molar-refractivity contribution < 1.29 is 0 Å². The highest BCUT2D eigenvalue weighted by atomic mass is 15.2. The summed E-state index contributed by atoms with van der Waals surface area (Å²) in [6, 6.07) is 3.99. The number of hydrogen-bond acceptors (Lipinski definition) is 7. The number of aromatic nitrogens is 3. The summed E-state index contributed by atoms with van der Waals surface area (Å²) in [6.45, 7) is 12.0. The molecular formula is C26H39N7. The maximum absolute atomic E-state index is 4.80. The fourth-order valence-corrected chi connectivity index (χ4v) is 4.68. The monoisotopic (exact) mass is 449 g/mol. The zero-order valence-corrected chi connectivity index (χ0v) is 20.5. The van der Waals surface area contributed by atoms with Crippen LogP contribution < -0.4 is 10.6 Å². The molecule has 7 nitrogen and oxygen atoms in total. The van der Waals surface area contributed by atoms with Crippen molar-refractivity contribution in [3.8, 4) is 0 Å². The molecule has 2 N–H and O–H groups in total. The van der Waals surface area contributed by atoms with E-state index in [9.17, 15) is 0 Å². The van der Waals surface area contributed by atoms with Crippen LogP contribution in [0.5, 0.6) is 0 Å². The van der Waals surface area contributed by atoms with Gasteiger partial charge in [-0.3, -0.25) is 0 Å². The summed E-state index contributed by atoms with van der Waals surface area (Å²) < 4.78 is 0. The van der Waals surface area contributed by atoms with Crippen LogP contribution >= 0.6 is 0 Å². The largest absolute Gasteiger partial charge is 0.369 e. The van der Waals surface area contributed by atoms with Crippen molar-refractivity contribution in [2.24, 2.45) is 5.92 Å².